The second-order valence-corrected chi connectivity index (χ2v) is 4.65. The second-order valence-electron chi connectivity index (χ2n) is 3.70. The summed E-state index contributed by atoms with van der Waals surface area (Å²) in [5, 5.41) is 0. The van der Waals surface area contributed by atoms with Crippen molar-refractivity contribution in [3.8, 4) is 5.75 Å². The van der Waals surface area contributed by atoms with Gasteiger partial charge in [-0.05, 0) is 13.0 Å². The van der Waals surface area contributed by atoms with Gasteiger partial charge in [0.25, 0.3) is 0 Å². The Bertz CT molecular complexity index is 528. The van der Waals surface area contributed by atoms with E-state index in [0.29, 0.717) is 10.5 Å². The number of rotatable bonds is 6. The number of benzene rings is 1. The second kappa shape index (κ2) is 11.4. The van der Waals surface area contributed by atoms with Crippen LogP contribution in [0.2, 0.25) is 0 Å². The van der Waals surface area contributed by atoms with Gasteiger partial charge < -0.3 is 12.2 Å². The molecule has 1 aromatic carbocycles. The zero-order valence-electron chi connectivity index (χ0n) is 12.5. The molecule has 2 nitrogen and oxygen atoms in total. The molecule has 0 fully saturated rings. The van der Waals surface area contributed by atoms with E-state index in [1.807, 2.05) is 0 Å². The average Bonchev–Trinajstić information content (AvgIpc) is 2.32. The van der Waals surface area contributed by atoms with Crippen LogP contribution in [0.4, 0.5) is 13.2 Å². The first-order chi connectivity index (χ1) is 9.26. The van der Waals surface area contributed by atoms with Crippen LogP contribution in [0.5, 0.6) is 5.75 Å². The molecule has 0 heterocycles. The maximum Gasteiger partial charge on any atom is 1.00 e. The Labute approximate surface area is 175 Å². The van der Waals surface area contributed by atoms with E-state index in [2.05, 4.69) is 4.74 Å². The zero-order chi connectivity index (χ0) is 15.2. The maximum absolute atomic E-state index is 12.1. The third-order valence-corrected chi connectivity index (χ3v) is 2.70. The summed E-state index contributed by atoms with van der Waals surface area (Å²) in [4.78, 5) is 11.1. The average molecular weight is 354 g/mol. The van der Waals surface area contributed by atoms with Crippen molar-refractivity contribution in [2.45, 2.75) is 13.3 Å². The van der Waals surface area contributed by atoms with E-state index in [9.17, 15) is 18.0 Å². The summed E-state index contributed by atoms with van der Waals surface area (Å²) >= 11 is 1.09. The van der Waals surface area contributed by atoms with Crippen molar-refractivity contribution >= 4 is 17.5 Å². The molecule has 1 rings (SSSR count). The fraction of sp³-hybridized carbons (Fsp3) is 0.133. The minimum atomic E-state index is -4.72. The molecule has 0 saturated heterocycles. The van der Waals surface area contributed by atoms with Crippen LogP contribution >= 0.6 is 11.8 Å². The minimum absolute atomic E-state index is 0. The Morgan fingerprint density at radius 3 is 2.55 bits per heavy atom. The number of carbonyl (C=O) groups excluding carboxylic acids is 1. The molecular weight excluding hydrogens is 340 g/mol. The van der Waals surface area contributed by atoms with Gasteiger partial charge in [0.05, 0.1) is 5.75 Å². The van der Waals surface area contributed by atoms with Crippen LogP contribution in [-0.4, -0.2) is 12.1 Å². The molecular formula is C15H14F3KO2S-2. The molecule has 0 radical (unpaired) electrons. The number of hydrogen-bond acceptors (Lipinski definition) is 3. The predicted molar refractivity (Wildman–Crippen MR) is 78.2 cm³/mol. The van der Waals surface area contributed by atoms with Gasteiger partial charge in [-0.2, -0.15) is 22.6 Å². The fourth-order valence-electron chi connectivity index (χ4n) is 1.16. The van der Waals surface area contributed by atoms with Gasteiger partial charge >= 0.3 is 57.7 Å². The topological polar surface area (TPSA) is 26.3 Å². The van der Waals surface area contributed by atoms with Gasteiger partial charge in [-0.15, -0.1) is 37.1 Å². The molecule has 0 saturated carbocycles. The monoisotopic (exact) mass is 354 g/mol. The van der Waals surface area contributed by atoms with E-state index >= 15 is 0 Å². The predicted octanol–water partition coefficient (Wildman–Crippen LogP) is 1.74. The van der Waals surface area contributed by atoms with E-state index in [1.54, 1.807) is 11.8 Å². The SMILES string of the molecule is [CH-]=C(/C=C/C(C)=O)S[CH-]c1cccc(OC(F)(F)F)c1.[CH3-].[K+]. The molecule has 0 aliphatic carbocycles. The first kappa shape index (κ1) is 24.1. The Kier molecular flexibility index (Phi) is 12.4. The number of ether oxygens (including phenoxy) is 1. The van der Waals surface area contributed by atoms with E-state index in [0.717, 1.165) is 11.8 Å². The van der Waals surface area contributed by atoms with Gasteiger partial charge in [0.2, 0.25) is 0 Å². The normalized spacial score (nSPS) is 10.4. The van der Waals surface area contributed by atoms with Crippen molar-refractivity contribution in [2.24, 2.45) is 0 Å². The van der Waals surface area contributed by atoms with Gasteiger partial charge in [0.1, 0.15) is 5.78 Å². The number of carbonyl (C=O) groups is 1. The van der Waals surface area contributed by atoms with Crippen molar-refractivity contribution < 1.29 is 74.1 Å². The summed E-state index contributed by atoms with van der Waals surface area (Å²) in [5.74, 6) is 1.11. The van der Waals surface area contributed by atoms with Crippen LogP contribution in [0, 0.1) is 19.8 Å². The third-order valence-electron chi connectivity index (χ3n) is 1.91. The number of hydrogen-bond donors (Lipinski definition) is 0. The molecule has 0 atom stereocenters. The van der Waals surface area contributed by atoms with Crippen LogP contribution in [-0.2, 0) is 4.79 Å². The fourth-order valence-corrected chi connectivity index (χ4v) is 1.73. The first-order valence-electron chi connectivity index (χ1n) is 5.43. The molecule has 22 heavy (non-hydrogen) atoms. The molecule has 7 heteroatoms. The third kappa shape index (κ3) is 11.4. The van der Waals surface area contributed by atoms with Gasteiger partial charge in [0.15, 0.2) is 0 Å². The summed E-state index contributed by atoms with van der Waals surface area (Å²) in [5.41, 5.74) is 0.510. The molecule has 0 aliphatic heterocycles. The smallest absolute Gasteiger partial charge is 0.419 e. The van der Waals surface area contributed by atoms with Gasteiger partial charge in [0, 0.05) is 0 Å². The Hall–Kier alpha value is -0.184. The van der Waals surface area contributed by atoms with Gasteiger partial charge in [-0.3, -0.25) is 11.4 Å². The number of allylic oxidation sites excluding steroid dienone is 2. The molecule has 0 spiro atoms. The van der Waals surface area contributed by atoms with Crippen LogP contribution in [0.15, 0.2) is 41.3 Å². The standard InChI is InChI=1S/C14H11F3O2S.CH3.K/c1-10(18)6-7-11(2)20-9-12-4-3-5-13(8-12)19-14(15,16)17;;/h2-9H,1H3;1H3;/q-2;-1;+1/b7-6+;;. The van der Waals surface area contributed by atoms with Crippen LogP contribution in [0.1, 0.15) is 12.5 Å². The summed E-state index contributed by atoms with van der Waals surface area (Å²) in [7, 11) is 0. The van der Waals surface area contributed by atoms with E-state index in [1.165, 1.54) is 37.3 Å². The number of alkyl halides is 3. The summed E-state index contributed by atoms with van der Waals surface area (Å²) in [6.07, 6.45) is -1.99. The summed E-state index contributed by atoms with van der Waals surface area (Å²) < 4.78 is 40.0. The van der Waals surface area contributed by atoms with Crippen molar-refractivity contribution in [1.29, 1.82) is 0 Å². The molecule has 0 bridgehead atoms. The molecule has 0 amide bonds. The quantitative estimate of drug-likeness (QED) is 0.337. The Morgan fingerprint density at radius 1 is 1.36 bits per heavy atom. The van der Waals surface area contributed by atoms with Crippen molar-refractivity contribution in [3.05, 3.63) is 66.6 Å². The van der Waals surface area contributed by atoms with Crippen LogP contribution in [0.3, 0.4) is 0 Å². The van der Waals surface area contributed by atoms with Crippen LogP contribution in [0.25, 0.3) is 0 Å². The molecule has 1 aromatic rings. The minimum Gasteiger partial charge on any atom is -0.419 e. The number of halogens is 3. The Balaban J connectivity index is 0. The molecule has 0 aromatic heterocycles. The largest absolute Gasteiger partial charge is 1.00 e. The Morgan fingerprint density at radius 2 is 2.00 bits per heavy atom. The summed E-state index contributed by atoms with van der Waals surface area (Å²) in [6.45, 7) is 6.99. The first-order valence-corrected chi connectivity index (χ1v) is 6.31. The van der Waals surface area contributed by atoms with Gasteiger partial charge in [-0.25, -0.2) is 11.8 Å². The molecule has 0 aliphatic rings. The van der Waals surface area contributed by atoms with Crippen molar-refractivity contribution in [1.82, 2.24) is 0 Å². The van der Waals surface area contributed by atoms with E-state index in [-0.39, 0.29) is 70.3 Å². The van der Waals surface area contributed by atoms with Gasteiger partial charge in [-0.1, -0.05) is 0 Å². The molecule has 0 N–H and O–H groups in total. The van der Waals surface area contributed by atoms with Crippen molar-refractivity contribution in [3.63, 3.8) is 0 Å². The molecule has 116 valence electrons. The van der Waals surface area contributed by atoms with Crippen molar-refractivity contribution in [2.75, 3.05) is 0 Å². The zero-order valence-corrected chi connectivity index (χ0v) is 16.4. The molecule has 0 unspecified atom stereocenters. The number of ketones is 1. The maximum atomic E-state index is 12.1. The number of thioether (sulfide) groups is 1. The van der Waals surface area contributed by atoms with Crippen LogP contribution < -0.4 is 56.1 Å². The summed E-state index contributed by atoms with van der Waals surface area (Å²) in [6, 6.07) is 5.49. The van der Waals surface area contributed by atoms with E-state index in [4.69, 9.17) is 6.58 Å². The van der Waals surface area contributed by atoms with E-state index < -0.39 is 6.36 Å².